The Balaban J connectivity index is 2.46. The molecule has 0 amide bonds. The molecule has 0 bridgehead atoms. The molecule has 2 unspecified atom stereocenters. The lowest BCUT2D eigenvalue weighted by Crippen LogP contribution is -2.20. The third kappa shape index (κ3) is 5.51. The molecule has 0 aromatic heterocycles. The summed E-state index contributed by atoms with van der Waals surface area (Å²) in [5, 5.41) is 3.59. The Hall–Kier alpha value is -1.07. The Bertz CT molecular complexity index is 437. The van der Waals surface area contributed by atoms with Gasteiger partial charge in [0.2, 0.25) is 0 Å². The van der Waals surface area contributed by atoms with E-state index in [0.29, 0.717) is 6.61 Å². The summed E-state index contributed by atoms with van der Waals surface area (Å²) >= 11 is 0. The van der Waals surface area contributed by atoms with E-state index in [-0.39, 0.29) is 5.25 Å². The molecule has 4 nitrogen and oxygen atoms in total. The molecule has 2 atom stereocenters. The number of hydrogen-bond acceptors (Lipinski definition) is 4. The van der Waals surface area contributed by atoms with Gasteiger partial charge in [-0.25, -0.2) is 0 Å². The van der Waals surface area contributed by atoms with E-state index in [1.54, 1.807) is 13.4 Å². The van der Waals surface area contributed by atoms with E-state index in [1.807, 2.05) is 32.0 Å². The van der Waals surface area contributed by atoms with Gasteiger partial charge in [0.05, 0.1) is 13.7 Å². The molecule has 114 valence electrons. The van der Waals surface area contributed by atoms with Crippen molar-refractivity contribution < 1.29 is 13.7 Å². The van der Waals surface area contributed by atoms with E-state index in [1.165, 1.54) is 0 Å². The highest BCUT2D eigenvalue weighted by Gasteiger charge is 2.07. The third-order valence-corrected chi connectivity index (χ3v) is 4.52. The molecular weight excluding hydrogens is 274 g/mol. The van der Waals surface area contributed by atoms with Gasteiger partial charge in [-0.05, 0) is 37.6 Å². The van der Waals surface area contributed by atoms with Crippen LogP contribution in [0.2, 0.25) is 0 Å². The zero-order valence-corrected chi connectivity index (χ0v) is 13.6. The molecule has 0 fully saturated rings. The van der Waals surface area contributed by atoms with Crippen molar-refractivity contribution in [3.8, 4) is 11.5 Å². The zero-order valence-electron chi connectivity index (χ0n) is 12.8. The van der Waals surface area contributed by atoms with Crippen molar-refractivity contribution in [3.05, 3.63) is 23.8 Å². The number of methoxy groups -OCH3 is 1. The van der Waals surface area contributed by atoms with Crippen molar-refractivity contribution in [2.75, 3.05) is 26.5 Å². The summed E-state index contributed by atoms with van der Waals surface area (Å²) in [7, 11) is 0.901. The second kappa shape index (κ2) is 8.97. The largest absolute Gasteiger partial charge is 0.493 e. The molecule has 0 heterocycles. The van der Waals surface area contributed by atoms with E-state index in [0.717, 1.165) is 36.6 Å². The fourth-order valence-corrected chi connectivity index (χ4v) is 2.25. The summed E-state index contributed by atoms with van der Waals surface area (Å²) in [6.45, 7) is 6.22. The van der Waals surface area contributed by atoms with Crippen LogP contribution in [0, 0.1) is 0 Å². The van der Waals surface area contributed by atoms with Crippen molar-refractivity contribution in [1.29, 1.82) is 0 Å². The van der Waals surface area contributed by atoms with Crippen molar-refractivity contribution in [2.24, 2.45) is 0 Å². The second-order valence-electron chi connectivity index (χ2n) is 4.69. The first-order chi connectivity index (χ1) is 9.58. The summed E-state index contributed by atoms with van der Waals surface area (Å²) in [5.41, 5.74) is 1.15. The van der Waals surface area contributed by atoms with Crippen molar-refractivity contribution in [2.45, 2.75) is 32.1 Å². The maximum Gasteiger partial charge on any atom is 0.161 e. The van der Waals surface area contributed by atoms with Gasteiger partial charge < -0.3 is 14.8 Å². The minimum Gasteiger partial charge on any atom is -0.493 e. The van der Waals surface area contributed by atoms with Crippen LogP contribution < -0.4 is 14.8 Å². The molecular formula is C15H25NO3S. The topological polar surface area (TPSA) is 47.6 Å². The lowest BCUT2D eigenvalue weighted by atomic mass is 10.2. The fraction of sp³-hybridized carbons (Fsp3) is 0.600. The summed E-state index contributed by atoms with van der Waals surface area (Å²) < 4.78 is 22.1. The molecule has 20 heavy (non-hydrogen) atoms. The molecule has 0 saturated heterocycles. The number of hydrogen-bond donors (Lipinski definition) is 1. The van der Waals surface area contributed by atoms with E-state index in [2.05, 4.69) is 5.32 Å². The Morgan fingerprint density at radius 3 is 2.70 bits per heavy atom. The molecule has 0 aliphatic carbocycles. The SMILES string of the molecule is CCOc1ccc(CNCCC(C)S(C)=O)cc1OC. The third-order valence-electron chi connectivity index (χ3n) is 3.15. The molecule has 0 spiro atoms. The first kappa shape index (κ1) is 17.0. The Kier molecular flexibility index (Phi) is 7.62. The summed E-state index contributed by atoms with van der Waals surface area (Å²) in [4.78, 5) is 0. The molecule has 0 aliphatic heterocycles. The monoisotopic (exact) mass is 299 g/mol. The van der Waals surface area contributed by atoms with Crippen molar-refractivity contribution in [3.63, 3.8) is 0 Å². The number of ether oxygens (including phenoxy) is 2. The molecule has 0 saturated carbocycles. The van der Waals surface area contributed by atoms with Crippen LogP contribution in [-0.2, 0) is 17.3 Å². The Morgan fingerprint density at radius 2 is 2.10 bits per heavy atom. The van der Waals surface area contributed by atoms with Gasteiger partial charge in [-0.1, -0.05) is 13.0 Å². The van der Waals surface area contributed by atoms with Gasteiger partial charge in [-0.3, -0.25) is 4.21 Å². The molecule has 1 N–H and O–H groups in total. The van der Waals surface area contributed by atoms with Gasteiger partial charge in [0.15, 0.2) is 11.5 Å². The van der Waals surface area contributed by atoms with Gasteiger partial charge in [-0.2, -0.15) is 0 Å². The lowest BCUT2D eigenvalue weighted by Gasteiger charge is -2.12. The van der Waals surface area contributed by atoms with E-state index in [4.69, 9.17) is 9.47 Å². The second-order valence-corrected chi connectivity index (χ2v) is 6.49. The van der Waals surface area contributed by atoms with Gasteiger partial charge in [0.25, 0.3) is 0 Å². The van der Waals surface area contributed by atoms with Crippen LogP contribution in [0.5, 0.6) is 11.5 Å². The first-order valence-corrected chi connectivity index (χ1v) is 8.53. The Labute approximate surface area is 124 Å². The predicted octanol–water partition coefficient (Wildman–Crippen LogP) is 2.34. The van der Waals surface area contributed by atoms with Gasteiger partial charge >= 0.3 is 0 Å². The minimum absolute atomic E-state index is 0.234. The van der Waals surface area contributed by atoms with Crippen LogP contribution in [0.4, 0.5) is 0 Å². The predicted molar refractivity (Wildman–Crippen MR) is 84.0 cm³/mol. The number of nitrogens with one attached hydrogen (secondary N) is 1. The zero-order chi connectivity index (χ0) is 15.0. The van der Waals surface area contributed by atoms with Gasteiger partial charge in [0.1, 0.15) is 0 Å². The minimum atomic E-state index is -0.745. The van der Waals surface area contributed by atoms with Crippen LogP contribution in [0.1, 0.15) is 25.8 Å². The maximum atomic E-state index is 11.2. The maximum absolute atomic E-state index is 11.2. The average molecular weight is 299 g/mol. The molecule has 0 radical (unpaired) electrons. The fourth-order valence-electron chi connectivity index (χ4n) is 1.80. The summed E-state index contributed by atoms with van der Waals surface area (Å²) in [6.07, 6.45) is 2.67. The van der Waals surface area contributed by atoms with Crippen molar-refractivity contribution in [1.82, 2.24) is 5.32 Å². The van der Waals surface area contributed by atoms with E-state index >= 15 is 0 Å². The highest BCUT2D eigenvalue weighted by Crippen LogP contribution is 2.27. The van der Waals surface area contributed by atoms with Crippen LogP contribution in [0.15, 0.2) is 18.2 Å². The van der Waals surface area contributed by atoms with Gasteiger partial charge in [-0.15, -0.1) is 0 Å². The molecule has 0 aliphatic rings. The van der Waals surface area contributed by atoms with E-state index in [9.17, 15) is 4.21 Å². The number of rotatable bonds is 9. The smallest absolute Gasteiger partial charge is 0.161 e. The highest BCUT2D eigenvalue weighted by atomic mass is 32.2. The average Bonchev–Trinajstić information content (AvgIpc) is 2.44. The van der Waals surface area contributed by atoms with Gasteiger partial charge in [0, 0.05) is 28.9 Å². The first-order valence-electron chi connectivity index (χ1n) is 6.91. The Morgan fingerprint density at radius 1 is 1.35 bits per heavy atom. The van der Waals surface area contributed by atoms with E-state index < -0.39 is 10.8 Å². The van der Waals surface area contributed by atoms with Crippen LogP contribution in [0.25, 0.3) is 0 Å². The standard InChI is InChI=1S/C15H25NO3S/c1-5-19-14-7-6-13(10-15(14)18-3)11-16-9-8-12(2)20(4)17/h6-7,10,12,16H,5,8-9,11H2,1-4H3. The van der Waals surface area contributed by atoms with Crippen LogP contribution in [0.3, 0.4) is 0 Å². The normalized spacial score (nSPS) is 13.8. The molecule has 5 heteroatoms. The molecule has 1 aromatic rings. The lowest BCUT2D eigenvalue weighted by molar-refractivity contribution is 0.310. The quantitative estimate of drug-likeness (QED) is 0.711. The highest BCUT2D eigenvalue weighted by molar-refractivity contribution is 7.84. The number of benzene rings is 1. The molecule has 1 rings (SSSR count). The summed E-state index contributed by atoms with van der Waals surface area (Å²) in [5.74, 6) is 1.53. The van der Waals surface area contributed by atoms with Crippen molar-refractivity contribution >= 4 is 10.8 Å². The summed E-state index contributed by atoms with van der Waals surface area (Å²) in [6, 6.07) is 5.95. The van der Waals surface area contributed by atoms with Crippen LogP contribution >= 0.6 is 0 Å². The molecule has 1 aromatic carbocycles. The van der Waals surface area contributed by atoms with Crippen LogP contribution in [-0.4, -0.2) is 36.0 Å².